The van der Waals surface area contributed by atoms with Crippen molar-refractivity contribution in [3.05, 3.63) is 64.2 Å². The molecule has 1 aliphatic heterocycles. The number of nitrogens with zero attached hydrogens (tertiary/aromatic N) is 1. The van der Waals surface area contributed by atoms with Gasteiger partial charge in [0.25, 0.3) is 0 Å². The summed E-state index contributed by atoms with van der Waals surface area (Å²) in [5, 5.41) is 3.16. The molecule has 0 fully saturated rings. The van der Waals surface area contributed by atoms with Crippen LogP contribution in [-0.4, -0.2) is 29.9 Å². The molecule has 0 aromatic heterocycles. The molecule has 2 aromatic carbocycles. The maximum absolute atomic E-state index is 12.8. The summed E-state index contributed by atoms with van der Waals surface area (Å²) in [5.74, 6) is 0.0843. The van der Waals surface area contributed by atoms with Crippen LogP contribution in [0.4, 0.5) is 5.69 Å². The molecule has 3 nitrogen and oxygen atoms in total. The minimum absolute atomic E-state index is 0.0843. The first-order valence-corrected chi connectivity index (χ1v) is 9.15. The first-order valence-electron chi connectivity index (χ1n) is 9.15. The standard InChI is InChI=1S/C22H28N2O/c1-15-13-16(2)21(17(3)14-15)23-22(25)18(4)24-11-9-19-7-5-6-8-20(19)10-12-24/h5-8,13-14,18H,9-12H2,1-4H3,(H,23,25). The Labute approximate surface area is 151 Å². The fraction of sp³-hybridized carbons (Fsp3) is 0.409. The van der Waals surface area contributed by atoms with Gasteiger partial charge < -0.3 is 5.32 Å². The van der Waals surface area contributed by atoms with Gasteiger partial charge in [-0.3, -0.25) is 9.69 Å². The zero-order chi connectivity index (χ0) is 18.0. The van der Waals surface area contributed by atoms with Crippen molar-refractivity contribution in [3.8, 4) is 0 Å². The van der Waals surface area contributed by atoms with Gasteiger partial charge in [-0.15, -0.1) is 0 Å². The van der Waals surface area contributed by atoms with E-state index in [9.17, 15) is 4.79 Å². The Morgan fingerprint density at radius 1 is 1.00 bits per heavy atom. The monoisotopic (exact) mass is 336 g/mol. The van der Waals surface area contributed by atoms with Gasteiger partial charge in [0, 0.05) is 18.8 Å². The second-order valence-electron chi connectivity index (χ2n) is 7.24. The van der Waals surface area contributed by atoms with E-state index in [-0.39, 0.29) is 11.9 Å². The lowest BCUT2D eigenvalue weighted by molar-refractivity contribution is -0.120. The van der Waals surface area contributed by atoms with Gasteiger partial charge in [0.15, 0.2) is 0 Å². The van der Waals surface area contributed by atoms with E-state index in [1.165, 1.54) is 16.7 Å². The van der Waals surface area contributed by atoms with Gasteiger partial charge in [0.05, 0.1) is 6.04 Å². The molecule has 3 heteroatoms. The van der Waals surface area contributed by atoms with E-state index in [0.29, 0.717) is 0 Å². The topological polar surface area (TPSA) is 32.3 Å². The van der Waals surface area contributed by atoms with Crippen molar-refractivity contribution in [2.24, 2.45) is 0 Å². The second-order valence-corrected chi connectivity index (χ2v) is 7.24. The Morgan fingerprint density at radius 3 is 2.04 bits per heavy atom. The highest BCUT2D eigenvalue weighted by Gasteiger charge is 2.24. The predicted molar refractivity (Wildman–Crippen MR) is 104 cm³/mol. The second kappa shape index (κ2) is 7.40. The molecule has 3 rings (SSSR count). The maximum Gasteiger partial charge on any atom is 0.241 e. The first kappa shape index (κ1) is 17.7. The fourth-order valence-corrected chi connectivity index (χ4v) is 3.84. The normalized spacial score (nSPS) is 16.0. The molecular weight excluding hydrogens is 308 g/mol. The van der Waals surface area contributed by atoms with Crippen molar-refractivity contribution < 1.29 is 4.79 Å². The zero-order valence-corrected chi connectivity index (χ0v) is 15.7. The average molecular weight is 336 g/mol. The molecule has 2 aromatic rings. The summed E-state index contributed by atoms with van der Waals surface area (Å²) in [6.45, 7) is 10.1. The van der Waals surface area contributed by atoms with Crippen LogP contribution in [0, 0.1) is 20.8 Å². The van der Waals surface area contributed by atoms with E-state index in [4.69, 9.17) is 0 Å². The summed E-state index contributed by atoms with van der Waals surface area (Å²) >= 11 is 0. The summed E-state index contributed by atoms with van der Waals surface area (Å²) in [7, 11) is 0. The number of aryl methyl sites for hydroxylation is 3. The minimum atomic E-state index is -0.130. The third-order valence-corrected chi connectivity index (χ3v) is 5.31. The molecule has 1 heterocycles. The van der Waals surface area contributed by atoms with Crippen LogP contribution in [0.5, 0.6) is 0 Å². The lowest BCUT2D eigenvalue weighted by Crippen LogP contribution is -2.43. The van der Waals surface area contributed by atoms with Gasteiger partial charge in [0.1, 0.15) is 0 Å². The van der Waals surface area contributed by atoms with E-state index in [0.717, 1.165) is 42.7 Å². The van der Waals surface area contributed by atoms with Gasteiger partial charge in [0.2, 0.25) is 5.91 Å². The number of anilines is 1. The number of nitrogens with one attached hydrogen (secondary N) is 1. The summed E-state index contributed by atoms with van der Waals surface area (Å²) < 4.78 is 0. The summed E-state index contributed by atoms with van der Waals surface area (Å²) in [6.07, 6.45) is 2.02. The molecule has 0 saturated carbocycles. The number of hydrogen-bond acceptors (Lipinski definition) is 2. The third kappa shape index (κ3) is 3.93. The Hall–Kier alpha value is -2.13. The predicted octanol–water partition coefficient (Wildman–Crippen LogP) is 4.04. The molecular formula is C22H28N2O. The van der Waals surface area contributed by atoms with Crippen LogP contribution >= 0.6 is 0 Å². The van der Waals surface area contributed by atoms with Crippen LogP contribution in [0.25, 0.3) is 0 Å². The van der Waals surface area contributed by atoms with E-state index in [1.807, 2.05) is 6.92 Å². The molecule has 132 valence electrons. The average Bonchev–Trinajstić information content (AvgIpc) is 2.80. The molecule has 0 spiro atoms. The molecule has 25 heavy (non-hydrogen) atoms. The van der Waals surface area contributed by atoms with Crippen molar-refractivity contribution in [3.63, 3.8) is 0 Å². The van der Waals surface area contributed by atoms with Gasteiger partial charge in [-0.05, 0) is 62.8 Å². The zero-order valence-electron chi connectivity index (χ0n) is 15.7. The molecule has 1 N–H and O–H groups in total. The molecule has 0 bridgehead atoms. The fourth-order valence-electron chi connectivity index (χ4n) is 3.84. The summed E-state index contributed by atoms with van der Waals surface area (Å²) in [4.78, 5) is 15.1. The number of carbonyl (C=O) groups excluding carboxylic acids is 1. The number of benzene rings is 2. The highest BCUT2D eigenvalue weighted by molar-refractivity contribution is 5.96. The van der Waals surface area contributed by atoms with Crippen molar-refractivity contribution >= 4 is 11.6 Å². The molecule has 0 aliphatic carbocycles. The third-order valence-electron chi connectivity index (χ3n) is 5.31. The minimum Gasteiger partial charge on any atom is -0.324 e. The Bertz CT molecular complexity index is 731. The van der Waals surface area contributed by atoms with Crippen LogP contribution in [0.3, 0.4) is 0 Å². The Kier molecular flexibility index (Phi) is 5.24. The van der Waals surface area contributed by atoms with Crippen LogP contribution < -0.4 is 5.32 Å². The highest BCUT2D eigenvalue weighted by atomic mass is 16.2. The smallest absolute Gasteiger partial charge is 0.241 e. The van der Waals surface area contributed by atoms with Gasteiger partial charge in [-0.2, -0.15) is 0 Å². The van der Waals surface area contributed by atoms with E-state index < -0.39 is 0 Å². The van der Waals surface area contributed by atoms with Crippen LogP contribution in [0.15, 0.2) is 36.4 Å². The molecule has 1 amide bonds. The van der Waals surface area contributed by atoms with Gasteiger partial charge >= 0.3 is 0 Å². The van der Waals surface area contributed by atoms with Gasteiger partial charge in [-0.25, -0.2) is 0 Å². The molecule has 1 unspecified atom stereocenters. The summed E-state index contributed by atoms with van der Waals surface area (Å²) in [5.41, 5.74) is 7.28. The number of amides is 1. The van der Waals surface area contributed by atoms with Gasteiger partial charge in [-0.1, -0.05) is 42.0 Å². The largest absolute Gasteiger partial charge is 0.324 e. The SMILES string of the molecule is Cc1cc(C)c(NC(=O)C(C)N2CCc3ccccc3CC2)c(C)c1. The lowest BCUT2D eigenvalue weighted by atomic mass is 10.0. The number of rotatable bonds is 3. The molecule has 1 aliphatic rings. The number of carbonyl (C=O) groups is 1. The molecule has 1 atom stereocenters. The Morgan fingerprint density at radius 2 is 1.52 bits per heavy atom. The van der Waals surface area contributed by atoms with Crippen molar-refractivity contribution in [2.45, 2.75) is 46.6 Å². The van der Waals surface area contributed by atoms with Crippen LogP contribution in [0.1, 0.15) is 34.7 Å². The first-order chi connectivity index (χ1) is 12.0. The van der Waals surface area contributed by atoms with E-state index >= 15 is 0 Å². The molecule has 0 saturated heterocycles. The molecule has 0 radical (unpaired) electrons. The maximum atomic E-state index is 12.8. The Balaban J connectivity index is 1.69. The lowest BCUT2D eigenvalue weighted by Gasteiger charge is -2.27. The van der Waals surface area contributed by atoms with Crippen molar-refractivity contribution in [1.82, 2.24) is 4.90 Å². The quantitative estimate of drug-likeness (QED) is 0.917. The van der Waals surface area contributed by atoms with Crippen LogP contribution in [-0.2, 0) is 17.6 Å². The van der Waals surface area contributed by atoms with Crippen molar-refractivity contribution in [1.29, 1.82) is 0 Å². The summed E-state index contributed by atoms with van der Waals surface area (Å²) in [6, 6.07) is 12.7. The highest BCUT2D eigenvalue weighted by Crippen LogP contribution is 2.23. The van der Waals surface area contributed by atoms with Crippen molar-refractivity contribution in [2.75, 3.05) is 18.4 Å². The van der Waals surface area contributed by atoms with E-state index in [2.05, 4.69) is 67.4 Å². The number of hydrogen-bond donors (Lipinski definition) is 1. The number of fused-ring (bicyclic) bond motifs is 1. The van der Waals surface area contributed by atoms with Crippen LogP contribution in [0.2, 0.25) is 0 Å². The van der Waals surface area contributed by atoms with E-state index in [1.54, 1.807) is 0 Å².